The summed E-state index contributed by atoms with van der Waals surface area (Å²) in [6.07, 6.45) is 0. The molecule has 0 radical (unpaired) electrons. The van der Waals surface area contributed by atoms with E-state index in [1.54, 1.807) is 0 Å². The van der Waals surface area contributed by atoms with Crippen molar-refractivity contribution in [1.82, 2.24) is 4.90 Å². The molecule has 1 aliphatic rings. The number of nitrogens with zero attached hydrogens (tertiary/aromatic N) is 1. The van der Waals surface area contributed by atoms with Crippen LogP contribution >= 0.6 is 11.8 Å². The van der Waals surface area contributed by atoms with Crippen molar-refractivity contribution in [2.45, 2.75) is 18.2 Å². The van der Waals surface area contributed by atoms with Gasteiger partial charge in [0.2, 0.25) is 0 Å². The van der Waals surface area contributed by atoms with Crippen LogP contribution < -0.4 is 5.73 Å². The molecule has 1 heterocycles. The zero-order valence-corrected chi connectivity index (χ0v) is 10.6. The standard InChI is InChI=1S/C13H20N2S/c1-11-9-15(7-8-16-11)10-13(14)12-5-3-2-4-6-12/h2-6,11,13H,7-10,14H2,1H3. The zero-order chi connectivity index (χ0) is 11.4. The van der Waals surface area contributed by atoms with E-state index < -0.39 is 0 Å². The first-order valence-electron chi connectivity index (χ1n) is 5.90. The van der Waals surface area contributed by atoms with Crippen molar-refractivity contribution >= 4 is 11.8 Å². The van der Waals surface area contributed by atoms with Crippen LogP contribution in [0.1, 0.15) is 18.5 Å². The van der Waals surface area contributed by atoms with Crippen LogP contribution in [-0.4, -0.2) is 35.5 Å². The van der Waals surface area contributed by atoms with Crippen LogP contribution in [0.2, 0.25) is 0 Å². The molecular weight excluding hydrogens is 216 g/mol. The highest BCUT2D eigenvalue weighted by Gasteiger charge is 2.18. The Hall–Kier alpha value is -0.510. The van der Waals surface area contributed by atoms with Gasteiger partial charge < -0.3 is 5.73 Å². The van der Waals surface area contributed by atoms with E-state index in [2.05, 4.69) is 47.9 Å². The summed E-state index contributed by atoms with van der Waals surface area (Å²) >= 11 is 2.06. The van der Waals surface area contributed by atoms with Crippen molar-refractivity contribution in [2.24, 2.45) is 5.73 Å². The van der Waals surface area contributed by atoms with Gasteiger partial charge in [-0.3, -0.25) is 4.90 Å². The third-order valence-corrected chi connectivity index (χ3v) is 4.14. The molecular formula is C13H20N2S. The maximum atomic E-state index is 6.22. The SMILES string of the molecule is CC1CN(CC(N)c2ccccc2)CCS1. The minimum Gasteiger partial charge on any atom is -0.323 e. The molecule has 2 rings (SSSR count). The topological polar surface area (TPSA) is 29.3 Å². The van der Waals surface area contributed by atoms with Gasteiger partial charge in [0.1, 0.15) is 0 Å². The van der Waals surface area contributed by atoms with Gasteiger partial charge in [-0.05, 0) is 5.56 Å². The Labute approximate surface area is 102 Å². The van der Waals surface area contributed by atoms with Gasteiger partial charge >= 0.3 is 0 Å². The van der Waals surface area contributed by atoms with Crippen LogP contribution in [0.4, 0.5) is 0 Å². The van der Waals surface area contributed by atoms with Crippen molar-refractivity contribution in [1.29, 1.82) is 0 Å². The quantitative estimate of drug-likeness (QED) is 0.871. The van der Waals surface area contributed by atoms with E-state index in [1.165, 1.54) is 24.4 Å². The van der Waals surface area contributed by atoms with E-state index in [4.69, 9.17) is 5.73 Å². The van der Waals surface area contributed by atoms with Crippen molar-refractivity contribution in [2.75, 3.05) is 25.4 Å². The molecule has 2 atom stereocenters. The van der Waals surface area contributed by atoms with Gasteiger partial charge in [0.25, 0.3) is 0 Å². The molecule has 2 N–H and O–H groups in total. The highest BCUT2D eigenvalue weighted by atomic mass is 32.2. The van der Waals surface area contributed by atoms with Gasteiger partial charge in [0.05, 0.1) is 0 Å². The summed E-state index contributed by atoms with van der Waals surface area (Å²) in [6, 6.07) is 10.5. The molecule has 0 aliphatic carbocycles. The molecule has 2 unspecified atom stereocenters. The molecule has 1 fully saturated rings. The summed E-state index contributed by atoms with van der Waals surface area (Å²) in [5, 5.41) is 0.747. The monoisotopic (exact) mass is 236 g/mol. The van der Waals surface area contributed by atoms with Gasteiger partial charge in [0.15, 0.2) is 0 Å². The average molecular weight is 236 g/mol. The highest BCUT2D eigenvalue weighted by molar-refractivity contribution is 7.99. The molecule has 1 aromatic carbocycles. The first-order valence-corrected chi connectivity index (χ1v) is 6.95. The van der Waals surface area contributed by atoms with E-state index in [9.17, 15) is 0 Å². The van der Waals surface area contributed by atoms with Crippen molar-refractivity contribution in [3.8, 4) is 0 Å². The Morgan fingerprint density at radius 1 is 1.44 bits per heavy atom. The second-order valence-corrected chi connectivity index (χ2v) is 6.00. The summed E-state index contributed by atoms with van der Waals surface area (Å²) in [5.41, 5.74) is 7.47. The molecule has 1 aliphatic heterocycles. The second kappa shape index (κ2) is 5.71. The normalized spacial score (nSPS) is 24.2. The molecule has 0 spiro atoms. The van der Waals surface area contributed by atoms with Gasteiger partial charge in [-0.1, -0.05) is 37.3 Å². The van der Waals surface area contributed by atoms with Gasteiger partial charge in [0, 0.05) is 36.7 Å². The van der Waals surface area contributed by atoms with Crippen LogP contribution in [0.15, 0.2) is 30.3 Å². The van der Waals surface area contributed by atoms with E-state index in [-0.39, 0.29) is 6.04 Å². The summed E-state index contributed by atoms with van der Waals surface area (Å²) < 4.78 is 0. The van der Waals surface area contributed by atoms with Crippen LogP contribution in [0, 0.1) is 0 Å². The van der Waals surface area contributed by atoms with Crippen LogP contribution in [-0.2, 0) is 0 Å². The fourth-order valence-electron chi connectivity index (χ4n) is 2.14. The Balaban J connectivity index is 1.89. The van der Waals surface area contributed by atoms with Crippen LogP contribution in [0.5, 0.6) is 0 Å². The lowest BCUT2D eigenvalue weighted by molar-refractivity contribution is 0.269. The van der Waals surface area contributed by atoms with Crippen molar-refractivity contribution in [3.05, 3.63) is 35.9 Å². The third-order valence-electron chi connectivity index (χ3n) is 3.01. The summed E-state index contributed by atoms with van der Waals surface area (Å²) in [4.78, 5) is 2.48. The minimum absolute atomic E-state index is 0.150. The predicted molar refractivity (Wildman–Crippen MR) is 71.7 cm³/mol. The van der Waals surface area contributed by atoms with Crippen LogP contribution in [0.25, 0.3) is 0 Å². The minimum atomic E-state index is 0.150. The Morgan fingerprint density at radius 3 is 2.88 bits per heavy atom. The fraction of sp³-hybridized carbons (Fsp3) is 0.538. The molecule has 0 saturated carbocycles. The smallest absolute Gasteiger partial charge is 0.0424 e. The van der Waals surface area contributed by atoms with Gasteiger partial charge in [-0.25, -0.2) is 0 Å². The fourth-order valence-corrected chi connectivity index (χ4v) is 3.22. The van der Waals surface area contributed by atoms with E-state index in [0.717, 1.165) is 11.8 Å². The maximum Gasteiger partial charge on any atom is 0.0424 e. The lowest BCUT2D eigenvalue weighted by Gasteiger charge is -2.32. The number of benzene rings is 1. The first-order chi connectivity index (χ1) is 7.75. The Bertz CT molecular complexity index is 315. The molecule has 0 amide bonds. The zero-order valence-electron chi connectivity index (χ0n) is 9.80. The molecule has 16 heavy (non-hydrogen) atoms. The number of thioether (sulfide) groups is 1. The molecule has 88 valence electrons. The highest BCUT2D eigenvalue weighted by Crippen LogP contribution is 2.20. The van der Waals surface area contributed by atoms with E-state index >= 15 is 0 Å². The van der Waals surface area contributed by atoms with Crippen molar-refractivity contribution < 1.29 is 0 Å². The van der Waals surface area contributed by atoms with Gasteiger partial charge in [-0.15, -0.1) is 0 Å². The average Bonchev–Trinajstić information content (AvgIpc) is 2.30. The third kappa shape index (κ3) is 3.24. The molecule has 0 bridgehead atoms. The molecule has 1 saturated heterocycles. The summed E-state index contributed by atoms with van der Waals surface area (Å²) in [7, 11) is 0. The number of nitrogens with two attached hydrogens (primary N) is 1. The van der Waals surface area contributed by atoms with E-state index in [1.807, 2.05) is 6.07 Å². The first kappa shape index (κ1) is 12.0. The number of hydrogen-bond acceptors (Lipinski definition) is 3. The summed E-state index contributed by atoms with van der Waals surface area (Å²) in [6.45, 7) is 5.63. The second-order valence-electron chi connectivity index (χ2n) is 4.46. The van der Waals surface area contributed by atoms with Gasteiger partial charge in [-0.2, -0.15) is 11.8 Å². The number of hydrogen-bond donors (Lipinski definition) is 1. The van der Waals surface area contributed by atoms with Crippen molar-refractivity contribution in [3.63, 3.8) is 0 Å². The molecule has 2 nitrogen and oxygen atoms in total. The van der Waals surface area contributed by atoms with E-state index in [0.29, 0.717) is 0 Å². The maximum absolute atomic E-state index is 6.22. The Kier molecular flexibility index (Phi) is 4.27. The Morgan fingerprint density at radius 2 is 2.19 bits per heavy atom. The lowest BCUT2D eigenvalue weighted by atomic mass is 10.1. The molecule has 1 aromatic rings. The largest absolute Gasteiger partial charge is 0.323 e. The number of rotatable bonds is 3. The van der Waals surface area contributed by atoms with Crippen LogP contribution in [0.3, 0.4) is 0 Å². The predicted octanol–water partition coefficient (Wildman–Crippen LogP) is 2.12. The molecule has 0 aromatic heterocycles. The molecule has 3 heteroatoms. The lowest BCUT2D eigenvalue weighted by Crippen LogP contribution is -2.40. The summed E-state index contributed by atoms with van der Waals surface area (Å²) in [5.74, 6) is 1.24.